The maximum Gasteiger partial charge on any atom is 0.143 e. The molecule has 1 aromatic heterocycles. The van der Waals surface area contributed by atoms with Crippen LogP contribution in [0.5, 0.6) is 0 Å². The first-order chi connectivity index (χ1) is 20.1. The highest BCUT2D eigenvalue weighted by atomic mass is 16.3. The summed E-state index contributed by atoms with van der Waals surface area (Å²) in [6, 6.07) is 50.0. The summed E-state index contributed by atoms with van der Waals surface area (Å²) in [6.45, 7) is 4.71. The molecular formula is C39H29NO. The topological polar surface area (TPSA) is 16.4 Å². The smallest absolute Gasteiger partial charge is 0.143 e. The van der Waals surface area contributed by atoms with E-state index in [1.165, 1.54) is 33.6 Å². The SMILES string of the molecule is CC1(C)c2cc(-c3ccccc3)ccc2N(c2ccccc2)c2ccc(-c3cccc4c3oc3ccccc34)cc21. The van der Waals surface area contributed by atoms with Crippen LogP contribution in [0.1, 0.15) is 25.0 Å². The van der Waals surface area contributed by atoms with Crippen LogP contribution in [0.2, 0.25) is 0 Å². The Morgan fingerprint density at radius 2 is 1.12 bits per heavy atom. The van der Waals surface area contributed by atoms with Gasteiger partial charge in [-0.25, -0.2) is 0 Å². The molecule has 0 N–H and O–H groups in total. The van der Waals surface area contributed by atoms with Crippen LogP contribution >= 0.6 is 0 Å². The van der Waals surface area contributed by atoms with E-state index in [0.717, 1.165) is 38.8 Å². The van der Waals surface area contributed by atoms with Crippen LogP contribution in [0.3, 0.4) is 0 Å². The third-order valence-electron chi connectivity index (χ3n) is 8.66. The van der Waals surface area contributed by atoms with Gasteiger partial charge in [0, 0.05) is 27.4 Å². The summed E-state index contributed by atoms with van der Waals surface area (Å²) in [7, 11) is 0. The molecule has 1 aliphatic rings. The average molecular weight is 528 g/mol. The van der Waals surface area contributed by atoms with Gasteiger partial charge in [-0.2, -0.15) is 0 Å². The van der Waals surface area contributed by atoms with Crippen LogP contribution in [0.15, 0.2) is 144 Å². The zero-order valence-corrected chi connectivity index (χ0v) is 23.1. The maximum atomic E-state index is 6.44. The van der Waals surface area contributed by atoms with Crippen molar-refractivity contribution in [3.05, 3.63) is 151 Å². The molecule has 2 nitrogen and oxygen atoms in total. The van der Waals surface area contributed by atoms with Crippen LogP contribution in [0.25, 0.3) is 44.2 Å². The summed E-state index contributed by atoms with van der Waals surface area (Å²) in [5.41, 5.74) is 12.6. The summed E-state index contributed by atoms with van der Waals surface area (Å²) in [5, 5.41) is 2.30. The first-order valence-corrected chi connectivity index (χ1v) is 14.2. The normalized spacial score (nSPS) is 13.8. The number of rotatable bonds is 3. The summed E-state index contributed by atoms with van der Waals surface area (Å²) in [5.74, 6) is 0. The van der Waals surface area contributed by atoms with E-state index < -0.39 is 0 Å². The van der Waals surface area contributed by atoms with Crippen molar-refractivity contribution in [1.82, 2.24) is 0 Å². The van der Waals surface area contributed by atoms with E-state index in [1.54, 1.807) is 0 Å². The lowest BCUT2D eigenvalue weighted by atomic mass is 9.72. The van der Waals surface area contributed by atoms with Gasteiger partial charge in [-0.3, -0.25) is 0 Å². The second-order valence-electron chi connectivity index (χ2n) is 11.4. The van der Waals surface area contributed by atoms with Crippen molar-refractivity contribution in [3.8, 4) is 22.3 Å². The number of fused-ring (bicyclic) bond motifs is 5. The third kappa shape index (κ3) is 3.64. The van der Waals surface area contributed by atoms with Crippen LogP contribution in [-0.4, -0.2) is 0 Å². The Balaban J connectivity index is 1.36. The van der Waals surface area contributed by atoms with Crippen molar-refractivity contribution in [2.24, 2.45) is 0 Å². The van der Waals surface area contributed by atoms with Gasteiger partial charge in [0.1, 0.15) is 11.2 Å². The summed E-state index contributed by atoms with van der Waals surface area (Å²) < 4.78 is 6.44. The van der Waals surface area contributed by atoms with E-state index in [9.17, 15) is 0 Å². The number of nitrogens with zero attached hydrogens (tertiary/aromatic N) is 1. The Labute approximate surface area is 240 Å². The van der Waals surface area contributed by atoms with Crippen LogP contribution in [0.4, 0.5) is 17.1 Å². The quantitative estimate of drug-likeness (QED) is 0.227. The first-order valence-electron chi connectivity index (χ1n) is 14.2. The molecule has 1 aliphatic heterocycles. The van der Waals surface area contributed by atoms with E-state index in [-0.39, 0.29) is 5.41 Å². The number of benzene rings is 6. The Hall–Kier alpha value is -5.08. The number of anilines is 3. The standard InChI is InChI=1S/C39H29NO/c1-39(2)33-24-27(26-12-5-3-6-13-26)20-22-35(33)40(29-14-7-4-8-15-29)36-23-21-28(25-34(36)39)30-17-11-18-32-31-16-9-10-19-37(31)41-38(30)32/h3-25H,1-2H3. The minimum atomic E-state index is -0.224. The zero-order valence-electron chi connectivity index (χ0n) is 23.1. The monoisotopic (exact) mass is 527 g/mol. The highest BCUT2D eigenvalue weighted by Crippen LogP contribution is 2.53. The average Bonchev–Trinajstić information content (AvgIpc) is 3.41. The van der Waals surface area contributed by atoms with E-state index in [1.807, 2.05) is 12.1 Å². The van der Waals surface area contributed by atoms with Gasteiger partial charge in [0.2, 0.25) is 0 Å². The van der Waals surface area contributed by atoms with E-state index in [2.05, 4.69) is 146 Å². The Kier molecular flexibility index (Phi) is 5.20. The molecule has 41 heavy (non-hydrogen) atoms. The molecule has 0 saturated heterocycles. The Morgan fingerprint density at radius 3 is 1.88 bits per heavy atom. The summed E-state index contributed by atoms with van der Waals surface area (Å²) in [4.78, 5) is 2.41. The minimum absolute atomic E-state index is 0.224. The fourth-order valence-corrected chi connectivity index (χ4v) is 6.55. The molecule has 0 bridgehead atoms. The molecule has 196 valence electrons. The van der Waals surface area contributed by atoms with Crippen molar-refractivity contribution in [2.75, 3.05) is 4.90 Å². The molecule has 0 aliphatic carbocycles. The molecule has 0 fully saturated rings. The lowest BCUT2D eigenvalue weighted by Gasteiger charge is -2.42. The first kappa shape index (κ1) is 23.8. The largest absolute Gasteiger partial charge is 0.455 e. The van der Waals surface area contributed by atoms with Crippen molar-refractivity contribution in [3.63, 3.8) is 0 Å². The number of hydrogen-bond acceptors (Lipinski definition) is 2. The molecule has 0 amide bonds. The third-order valence-corrected chi connectivity index (χ3v) is 8.66. The van der Waals surface area contributed by atoms with Crippen LogP contribution in [0, 0.1) is 0 Å². The Morgan fingerprint density at radius 1 is 0.512 bits per heavy atom. The molecular weight excluding hydrogens is 498 g/mol. The second kappa shape index (κ2) is 8.97. The number of hydrogen-bond donors (Lipinski definition) is 0. The van der Waals surface area contributed by atoms with Crippen LogP contribution in [-0.2, 0) is 5.41 Å². The van der Waals surface area contributed by atoms with Crippen molar-refractivity contribution < 1.29 is 4.42 Å². The molecule has 0 spiro atoms. The molecule has 2 heterocycles. The van der Waals surface area contributed by atoms with E-state index in [4.69, 9.17) is 4.42 Å². The number of furan rings is 1. The summed E-state index contributed by atoms with van der Waals surface area (Å²) >= 11 is 0. The molecule has 2 heteroatoms. The van der Waals surface area contributed by atoms with Gasteiger partial charge >= 0.3 is 0 Å². The molecule has 0 radical (unpaired) electrons. The minimum Gasteiger partial charge on any atom is -0.455 e. The highest BCUT2D eigenvalue weighted by Gasteiger charge is 2.37. The summed E-state index contributed by atoms with van der Waals surface area (Å²) in [6.07, 6.45) is 0. The van der Waals surface area contributed by atoms with Crippen molar-refractivity contribution in [1.29, 1.82) is 0 Å². The van der Waals surface area contributed by atoms with E-state index in [0.29, 0.717) is 0 Å². The molecule has 0 saturated carbocycles. The van der Waals surface area contributed by atoms with Gasteiger partial charge in [-0.15, -0.1) is 0 Å². The fourth-order valence-electron chi connectivity index (χ4n) is 6.55. The fraction of sp³-hybridized carbons (Fsp3) is 0.0769. The maximum absolute atomic E-state index is 6.44. The highest BCUT2D eigenvalue weighted by molar-refractivity contribution is 6.09. The Bertz CT molecular complexity index is 2070. The van der Waals surface area contributed by atoms with Gasteiger partial charge in [-0.05, 0) is 70.3 Å². The predicted octanol–water partition coefficient (Wildman–Crippen LogP) is 11.0. The van der Waals surface area contributed by atoms with E-state index >= 15 is 0 Å². The van der Waals surface area contributed by atoms with Crippen molar-refractivity contribution >= 4 is 39.0 Å². The predicted molar refractivity (Wildman–Crippen MR) is 171 cm³/mol. The van der Waals surface area contributed by atoms with Crippen LogP contribution < -0.4 is 4.90 Å². The second-order valence-corrected chi connectivity index (χ2v) is 11.4. The lowest BCUT2D eigenvalue weighted by Crippen LogP contribution is -2.30. The van der Waals surface area contributed by atoms with Crippen molar-refractivity contribution in [2.45, 2.75) is 19.3 Å². The van der Waals surface area contributed by atoms with Gasteiger partial charge in [0.15, 0.2) is 0 Å². The van der Waals surface area contributed by atoms with Gasteiger partial charge in [0.25, 0.3) is 0 Å². The van der Waals surface area contributed by atoms with Gasteiger partial charge in [0.05, 0.1) is 11.4 Å². The van der Waals surface area contributed by atoms with Gasteiger partial charge in [-0.1, -0.05) is 111 Å². The zero-order chi connectivity index (χ0) is 27.6. The molecule has 0 atom stereocenters. The molecule has 0 unspecified atom stereocenters. The molecule has 8 rings (SSSR count). The lowest BCUT2D eigenvalue weighted by molar-refractivity contribution is 0.632. The molecule has 6 aromatic carbocycles. The molecule has 7 aromatic rings. The number of para-hydroxylation sites is 3. The van der Waals surface area contributed by atoms with Gasteiger partial charge < -0.3 is 9.32 Å².